The Balaban J connectivity index is 1.85. The molecular formula is C15H22N4O2. The largest absolute Gasteiger partial charge is 0.399 e. The molecular weight excluding hydrogens is 268 g/mol. The Morgan fingerprint density at radius 3 is 2.62 bits per heavy atom. The van der Waals surface area contributed by atoms with E-state index in [1.807, 2.05) is 17.9 Å². The van der Waals surface area contributed by atoms with Crippen LogP contribution in [-0.2, 0) is 9.59 Å². The van der Waals surface area contributed by atoms with Gasteiger partial charge in [0.05, 0.1) is 6.54 Å². The predicted molar refractivity (Wildman–Crippen MR) is 82.6 cm³/mol. The second-order valence-corrected chi connectivity index (χ2v) is 5.58. The Labute approximate surface area is 124 Å². The second-order valence-electron chi connectivity index (χ2n) is 5.58. The van der Waals surface area contributed by atoms with E-state index in [4.69, 9.17) is 11.5 Å². The van der Waals surface area contributed by atoms with Crippen molar-refractivity contribution in [1.82, 2.24) is 4.90 Å². The van der Waals surface area contributed by atoms with Gasteiger partial charge in [-0.1, -0.05) is 6.07 Å². The lowest BCUT2D eigenvalue weighted by Crippen LogP contribution is -2.42. The van der Waals surface area contributed by atoms with Gasteiger partial charge in [0.1, 0.15) is 0 Å². The zero-order chi connectivity index (χ0) is 15.4. The van der Waals surface area contributed by atoms with Crippen molar-refractivity contribution >= 4 is 23.2 Å². The van der Waals surface area contributed by atoms with Crippen LogP contribution in [0, 0.1) is 12.8 Å². The number of hydrogen-bond acceptors (Lipinski definition) is 4. The van der Waals surface area contributed by atoms with Crippen LogP contribution in [0.15, 0.2) is 18.2 Å². The Morgan fingerprint density at radius 1 is 1.33 bits per heavy atom. The first kappa shape index (κ1) is 15.3. The molecule has 1 fully saturated rings. The van der Waals surface area contributed by atoms with Crippen LogP contribution in [0.25, 0.3) is 0 Å². The van der Waals surface area contributed by atoms with Crippen LogP contribution in [0.1, 0.15) is 18.4 Å². The number of aryl methyl sites for hydroxylation is 1. The van der Waals surface area contributed by atoms with E-state index in [1.165, 1.54) is 0 Å². The lowest BCUT2D eigenvalue weighted by atomic mass is 9.96. The summed E-state index contributed by atoms with van der Waals surface area (Å²) in [6.07, 6.45) is 1.44. The molecule has 0 atom stereocenters. The zero-order valence-corrected chi connectivity index (χ0v) is 12.3. The van der Waals surface area contributed by atoms with Crippen LogP contribution in [0.3, 0.4) is 0 Å². The molecule has 0 aliphatic carbocycles. The third kappa shape index (κ3) is 4.19. The SMILES string of the molecule is Cc1ccc(N)cc1NC(=O)CN1CCC(C(N)=O)CC1. The topological polar surface area (TPSA) is 101 Å². The number of anilines is 2. The second kappa shape index (κ2) is 6.58. The van der Waals surface area contributed by atoms with E-state index in [2.05, 4.69) is 5.32 Å². The van der Waals surface area contributed by atoms with Crippen LogP contribution >= 0.6 is 0 Å². The average Bonchev–Trinajstić information content (AvgIpc) is 2.43. The number of likely N-dealkylation sites (tertiary alicyclic amines) is 1. The fraction of sp³-hybridized carbons (Fsp3) is 0.467. The van der Waals surface area contributed by atoms with Crippen LogP contribution in [0.2, 0.25) is 0 Å². The number of hydrogen-bond donors (Lipinski definition) is 3. The van der Waals surface area contributed by atoms with Gasteiger partial charge in [-0.3, -0.25) is 14.5 Å². The van der Waals surface area contributed by atoms with Gasteiger partial charge in [0.15, 0.2) is 0 Å². The van der Waals surface area contributed by atoms with E-state index >= 15 is 0 Å². The summed E-state index contributed by atoms with van der Waals surface area (Å²) in [5.41, 5.74) is 13.4. The van der Waals surface area contributed by atoms with Gasteiger partial charge in [0.25, 0.3) is 0 Å². The number of nitrogen functional groups attached to an aromatic ring is 1. The molecule has 1 aliphatic heterocycles. The van der Waals surface area contributed by atoms with Crippen molar-refractivity contribution in [1.29, 1.82) is 0 Å². The van der Waals surface area contributed by atoms with Crippen molar-refractivity contribution < 1.29 is 9.59 Å². The van der Waals surface area contributed by atoms with Crippen molar-refractivity contribution in [3.05, 3.63) is 23.8 Å². The molecule has 0 radical (unpaired) electrons. The number of amides is 2. The van der Waals surface area contributed by atoms with Crippen LogP contribution in [0.4, 0.5) is 11.4 Å². The molecule has 0 bridgehead atoms. The minimum atomic E-state index is -0.241. The molecule has 0 aromatic heterocycles. The monoisotopic (exact) mass is 290 g/mol. The lowest BCUT2D eigenvalue weighted by molar-refractivity contribution is -0.123. The summed E-state index contributed by atoms with van der Waals surface area (Å²) in [5.74, 6) is -0.365. The highest BCUT2D eigenvalue weighted by molar-refractivity contribution is 5.93. The first-order valence-corrected chi connectivity index (χ1v) is 7.13. The molecule has 114 valence electrons. The van der Waals surface area contributed by atoms with Crippen LogP contribution < -0.4 is 16.8 Å². The number of carbonyl (C=O) groups is 2. The quantitative estimate of drug-likeness (QED) is 0.711. The van der Waals surface area contributed by atoms with Crippen LogP contribution in [-0.4, -0.2) is 36.3 Å². The maximum Gasteiger partial charge on any atom is 0.238 e. The Hall–Kier alpha value is -2.08. The first-order valence-electron chi connectivity index (χ1n) is 7.13. The molecule has 0 spiro atoms. The van der Waals surface area contributed by atoms with Gasteiger partial charge in [-0.05, 0) is 50.6 Å². The minimum Gasteiger partial charge on any atom is -0.399 e. The van der Waals surface area contributed by atoms with Crippen molar-refractivity contribution in [3.8, 4) is 0 Å². The van der Waals surface area contributed by atoms with Gasteiger partial charge in [-0.2, -0.15) is 0 Å². The number of benzene rings is 1. The van der Waals surface area contributed by atoms with Gasteiger partial charge in [0, 0.05) is 17.3 Å². The third-order valence-electron chi connectivity index (χ3n) is 3.89. The molecule has 6 nitrogen and oxygen atoms in total. The van der Waals surface area contributed by atoms with E-state index in [0.717, 1.165) is 37.2 Å². The van der Waals surface area contributed by atoms with Gasteiger partial charge in [-0.15, -0.1) is 0 Å². The number of nitrogens with one attached hydrogen (secondary N) is 1. The summed E-state index contributed by atoms with van der Waals surface area (Å²) in [6.45, 7) is 3.68. The maximum atomic E-state index is 12.1. The molecule has 21 heavy (non-hydrogen) atoms. The molecule has 1 aliphatic rings. The van der Waals surface area contributed by atoms with Gasteiger partial charge in [-0.25, -0.2) is 0 Å². The summed E-state index contributed by atoms with van der Waals surface area (Å²) in [4.78, 5) is 25.2. The maximum absolute atomic E-state index is 12.1. The van der Waals surface area contributed by atoms with Gasteiger partial charge < -0.3 is 16.8 Å². The van der Waals surface area contributed by atoms with E-state index in [-0.39, 0.29) is 17.7 Å². The fourth-order valence-electron chi connectivity index (χ4n) is 2.54. The first-order chi connectivity index (χ1) is 9.95. The normalized spacial score (nSPS) is 16.6. The van der Waals surface area contributed by atoms with Crippen molar-refractivity contribution in [2.75, 3.05) is 30.7 Å². The van der Waals surface area contributed by atoms with E-state index in [1.54, 1.807) is 12.1 Å². The molecule has 5 N–H and O–H groups in total. The summed E-state index contributed by atoms with van der Waals surface area (Å²) in [6, 6.07) is 5.44. The number of primary amides is 1. The van der Waals surface area contributed by atoms with Gasteiger partial charge in [0.2, 0.25) is 11.8 Å². The summed E-state index contributed by atoms with van der Waals surface area (Å²) < 4.78 is 0. The molecule has 1 heterocycles. The molecule has 1 aromatic rings. The van der Waals surface area contributed by atoms with E-state index in [9.17, 15) is 9.59 Å². The van der Waals surface area contributed by atoms with E-state index in [0.29, 0.717) is 12.2 Å². The number of nitrogens with zero attached hydrogens (tertiary/aromatic N) is 1. The highest BCUT2D eigenvalue weighted by Gasteiger charge is 2.24. The molecule has 2 rings (SSSR count). The van der Waals surface area contributed by atoms with Crippen molar-refractivity contribution in [2.45, 2.75) is 19.8 Å². The number of piperidine rings is 1. The van der Waals surface area contributed by atoms with Crippen LogP contribution in [0.5, 0.6) is 0 Å². The van der Waals surface area contributed by atoms with E-state index < -0.39 is 0 Å². The number of nitrogens with two attached hydrogens (primary N) is 2. The summed E-state index contributed by atoms with van der Waals surface area (Å²) in [5, 5.41) is 2.88. The molecule has 0 saturated carbocycles. The zero-order valence-electron chi connectivity index (χ0n) is 12.3. The third-order valence-corrected chi connectivity index (χ3v) is 3.89. The highest BCUT2D eigenvalue weighted by atomic mass is 16.2. The number of rotatable bonds is 4. The average molecular weight is 290 g/mol. The Bertz CT molecular complexity index is 536. The molecule has 6 heteroatoms. The van der Waals surface area contributed by atoms with Crippen molar-refractivity contribution in [2.24, 2.45) is 11.7 Å². The molecule has 1 saturated heterocycles. The standard InChI is InChI=1S/C15H22N4O2/c1-10-2-3-12(16)8-13(10)18-14(20)9-19-6-4-11(5-7-19)15(17)21/h2-3,8,11H,4-7,9,16H2,1H3,(H2,17,21)(H,18,20). The lowest BCUT2D eigenvalue weighted by Gasteiger charge is -2.29. The highest BCUT2D eigenvalue weighted by Crippen LogP contribution is 2.19. The Kier molecular flexibility index (Phi) is 4.80. The smallest absolute Gasteiger partial charge is 0.238 e. The van der Waals surface area contributed by atoms with Crippen molar-refractivity contribution in [3.63, 3.8) is 0 Å². The predicted octanol–water partition coefficient (Wildman–Crippen LogP) is 0.713. The fourth-order valence-corrected chi connectivity index (χ4v) is 2.54. The number of carbonyl (C=O) groups excluding carboxylic acids is 2. The molecule has 2 amide bonds. The Morgan fingerprint density at radius 2 is 2.00 bits per heavy atom. The molecule has 1 aromatic carbocycles. The molecule has 0 unspecified atom stereocenters. The summed E-state index contributed by atoms with van der Waals surface area (Å²) in [7, 11) is 0. The minimum absolute atomic E-state index is 0.0551. The van der Waals surface area contributed by atoms with Gasteiger partial charge >= 0.3 is 0 Å². The summed E-state index contributed by atoms with van der Waals surface area (Å²) >= 11 is 0.